The Morgan fingerprint density at radius 1 is 0.672 bits per heavy atom. The van der Waals surface area contributed by atoms with Gasteiger partial charge < -0.3 is 5.11 Å². The molecule has 0 saturated carbocycles. The van der Waals surface area contributed by atoms with Gasteiger partial charge in [0, 0.05) is 35.7 Å². The van der Waals surface area contributed by atoms with Gasteiger partial charge in [0.05, 0.1) is 29.1 Å². The molecular formula is C59H62N3OPt-. The van der Waals surface area contributed by atoms with E-state index in [9.17, 15) is 5.11 Å². The minimum absolute atomic E-state index is 0. The van der Waals surface area contributed by atoms with Crippen molar-refractivity contribution in [1.29, 1.82) is 0 Å². The normalized spacial score (nSPS) is 13.8. The third-order valence-electron chi connectivity index (χ3n) is 12.1. The van der Waals surface area contributed by atoms with Crippen LogP contribution in [0.25, 0.3) is 72.7 Å². The summed E-state index contributed by atoms with van der Waals surface area (Å²) in [6, 6.07) is 32.1. The number of rotatable bonds is 10. The number of hydrogen-bond donors (Lipinski definition) is 1. The van der Waals surface area contributed by atoms with Crippen LogP contribution < -0.4 is 0 Å². The standard InChI is InChI=1S/C59H62N3O.Pt/c1-35(2)43-26-44(36(3)4)28-46(27-43)41-21-22-54(39(9)25-41)62-55-20-16-19-50(56(55)61-58(62)52-33-45(37(5)6)32-51(38(7)8)57(52)63)47-29-48(31-49(30-47)59(10,11)12)53-34-42(23-24-60-53)40-17-14-13-15-18-40;/h13-28,30-38,63H,1-12H3;/q-1;/i13D,14D,15D,17D,18D,35D,36D;. The topological polar surface area (TPSA) is 50.9 Å². The Balaban J connectivity index is 0.00000741. The van der Waals surface area contributed by atoms with Gasteiger partial charge in [0.25, 0.3) is 0 Å². The second kappa shape index (κ2) is 18.5. The second-order valence-electron chi connectivity index (χ2n) is 18.9. The number of phenols is 1. The third-order valence-corrected chi connectivity index (χ3v) is 12.1. The number of fused-ring (bicyclic) bond motifs is 1. The Hall–Kier alpha value is -5.57. The van der Waals surface area contributed by atoms with Crippen LogP contribution in [-0.2, 0) is 26.5 Å². The first-order chi connectivity index (χ1) is 32.6. The molecule has 0 fully saturated rings. The molecule has 1 N–H and O–H groups in total. The summed E-state index contributed by atoms with van der Waals surface area (Å²) in [4.78, 5) is 10.3. The van der Waals surface area contributed by atoms with Crippen LogP contribution in [0, 0.1) is 13.0 Å². The minimum atomic E-state index is -0.867. The van der Waals surface area contributed by atoms with Crippen LogP contribution in [-0.4, -0.2) is 19.6 Å². The number of benzene rings is 6. The Kier molecular flexibility index (Phi) is 10.9. The maximum Gasteiger partial charge on any atom is 0.148 e. The molecule has 0 aliphatic carbocycles. The van der Waals surface area contributed by atoms with Crippen molar-refractivity contribution in [3.8, 4) is 67.5 Å². The van der Waals surface area contributed by atoms with Crippen molar-refractivity contribution in [3.63, 3.8) is 0 Å². The molecule has 4 nitrogen and oxygen atoms in total. The van der Waals surface area contributed by atoms with Gasteiger partial charge in [-0.2, -0.15) is 0 Å². The second-order valence-corrected chi connectivity index (χ2v) is 18.9. The van der Waals surface area contributed by atoms with Gasteiger partial charge in [-0.1, -0.05) is 166 Å². The molecule has 330 valence electrons. The fraction of sp³-hybridized carbons (Fsp3) is 0.288. The summed E-state index contributed by atoms with van der Waals surface area (Å²) >= 11 is 0. The molecule has 0 spiro atoms. The molecule has 0 unspecified atom stereocenters. The van der Waals surface area contributed by atoms with Crippen molar-refractivity contribution in [3.05, 3.63) is 167 Å². The van der Waals surface area contributed by atoms with Gasteiger partial charge in [-0.25, -0.2) is 4.98 Å². The van der Waals surface area contributed by atoms with Crippen LogP contribution in [0.4, 0.5) is 0 Å². The molecule has 0 saturated heterocycles. The van der Waals surface area contributed by atoms with Crippen LogP contribution in [0.15, 0.2) is 127 Å². The summed E-state index contributed by atoms with van der Waals surface area (Å²) in [5.41, 5.74) is 13.5. The number of hydrogen-bond acceptors (Lipinski definition) is 3. The Morgan fingerprint density at radius 2 is 1.34 bits per heavy atom. The van der Waals surface area contributed by atoms with E-state index < -0.39 is 29.9 Å². The predicted molar refractivity (Wildman–Crippen MR) is 266 cm³/mol. The summed E-state index contributed by atoms with van der Waals surface area (Å²) in [7, 11) is 0. The van der Waals surface area contributed by atoms with Crippen LogP contribution in [0.1, 0.15) is 143 Å². The minimum Gasteiger partial charge on any atom is -0.507 e. The van der Waals surface area contributed by atoms with E-state index in [1.54, 1.807) is 18.3 Å². The summed E-state index contributed by atoms with van der Waals surface area (Å²) < 4.78 is 62.2. The van der Waals surface area contributed by atoms with Crippen molar-refractivity contribution in [2.24, 2.45) is 0 Å². The molecule has 64 heavy (non-hydrogen) atoms. The Labute approximate surface area is 406 Å². The van der Waals surface area contributed by atoms with Crippen molar-refractivity contribution >= 4 is 11.0 Å². The number of aromatic hydroxyl groups is 1. The van der Waals surface area contributed by atoms with Crippen molar-refractivity contribution in [1.82, 2.24) is 14.5 Å². The molecular weight excluding hydrogens is 962 g/mol. The zero-order valence-corrected chi connectivity index (χ0v) is 41.3. The summed E-state index contributed by atoms with van der Waals surface area (Å²) in [5, 5.41) is 12.3. The molecule has 2 heterocycles. The summed E-state index contributed by atoms with van der Waals surface area (Å²) in [6.45, 7) is 24.5. The Morgan fingerprint density at radius 3 is 1.97 bits per heavy atom. The van der Waals surface area contributed by atoms with E-state index >= 15 is 0 Å². The van der Waals surface area contributed by atoms with E-state index in [2.05, 4.69) is 121 Å². The summed E-state index contributed by atoms with van der Waals surface area (Å²) in [6.07, 6.45) is 1.59. The van der Waals surface area contributed by atoms with E-state index in [0.29, 0.717) is 33.7 Å². The van der Waals surface area contributed by atoms with Gasteiger partial charge in [-0.3, -0.25) is 9.55 Å². The SMILES string of the molecule is [2H]c1c([2H])c([2H])c(-c2ccnc(-c3[c-]c(-c4cccc5c4nc(-c4cc(C(C)C)cc(C(C)C)c4O)n5-c4ccc(-c5cc(C([2H])(C)C)cc(C([2H])(C)C)c5)cc4C)cc(C(C)(C)C)c3)c2)c([2H])c1[2H].[Pt]. The zero-order valence-electron chi connectivity index (χ0n) is 46.0. The monoisotopic (exact) mass is 1030 g/mol. The van der Waals surface area contributed by atoms with Gasteiger partial charge in [0.15, 0.2) is 0 Å². The van der Waals surface area contributed by atoms with Crippen LogP contribution in [0.5, 0.6) is 5.75 Å². The van der Waals surface area contributed by atoms with E-state index in [1.807, 2.05) is 52.0 Å². The molecule has 0 atom stereocenters. The third kappa shape index (κ3) is 9.18. The molecule has 0 amide bonds. The van der Waals surface area contributed by atoms with Gasteiger partial charge in [-0.15, -0.1) is 29.3 Å². The van der Waals surface area contributed by atoms with Gasteiger partial charge in [0.2, 0.25) is 0 Å². The maximum atomic E-state index is 12.3. The molecule has 8 rings (SSSR count). The molecule has 0 aliphatic heterocycles. The number of aryl methyl sites for hydroxylation is 1. The number of nitrogens with zero attached hydrogens (tertiary/aromatic N) is 3. The first kappa shape index (κ1) is 37.8. The zero-order chi connectivity index (χ0) is 51.1. The smallest absolute Gasteiger partial charge is 0.148 e. The molecule has 5 heteroatoms. The predicted octanol–water partition coefficient (Wildman–Crippen LogP) is 16.4. The fourth-order valence-corrected chi connectivity index (χ4v) is 8.24. The Bertz CT molecular complexity index is 3310. The van der Waals surface area contributed by atoms with E-state index in [0.717, 1.165) is 66.8 Å². The molecule has 8 aromatic rings. The molecule has 0 aliphatic rings. The molecule has 2 aromatic heterocycles. The largest absolute Gasteiger partial charge is 0.507 e. The number of para-hydroxylation sites is 1. The summed E-state index contributed by atoms with van der Waals surface area (Å²) in [5.74, 6) is -0.759. The molecule has 6 aromatic carbocycles. The number of pyridine rings is 1. The van der Waals surface area contributed by atoms with E-state index in [-0.39, 0.29) is 61.7 Å². The van der Waals surface area contributed by atoms with Crippen molar-refractivity contribution in [2.75, 3.05) is 0 Å². The molecule has 0 radical (unpaired) electrons. The van der Waals surface area contributed by atoms with Crippen LogP contribution in [0.3, 0.4) is 0 Å². The number of phenolic OH excluding ortho intramolecular Hbond substituents is 1. The first-order valence-corrected chi connectivity index (χ1v) is 21.9. The number of aromatic nitrogens is 3. The fourth-order valence-electron chi connectivity index (χ4n) is 8.24. The van der Waals surface area contributed by atoms with Crippen molar-refractivity contribution in [2.45, 2.75) is 112 Å². The quantitative estimate of drug-likeness (QED) is 0.139. The van der Waals surface area contributed by atoms with Crippen molar-refractivity contribution < 1.29 is 35.8 Å². The first-order valence-electron chi connectivity index (χ1n) is 25.4. The van der Waals surface area contributed by atoms with Gasteiger partial charge >= 0.3 is 0 Å². The average molecular weight is 1030 g/mol. The van der Waals surface area contributed by atoms with Gasteiger partial charge in [0.1, 0.15) is 11.6 Å². The maximum absolute atomic E-state index is 12.3. The van der Waals surface area contributed by atoms with E-state index in [4.69, 9.17) is 19.6 Å². The van der Waals surface area contributed by atoms with Gasteiger partial charge in [-0.05, 0) is 116 Å². The van der Waals surface area contributed by atoms with E-state index in [1.165, 1.54) is 0 Å². The average Bonchev–Trinajstić information content (AvgIpc) is 3.68. The molecule has 0 bridgehead atoms. The van der Waals surface area contributed by atoms with Crippen LogP contribution in [0.2, 0.25) is 0 Å². The van der Waals surface area contributed by atoms with Crippen LogP contribution >= 0.6 is 0 Å². The number of imidazole rings is 1.